The molecule has 1 aromatic carbocycles. The summed E-state index contributed by atoms with van der Waals surface area (Å²) in [6, 6.07) is 8.19. The molecule has 154 valence electrons. The minimum absolute atomic E-state index is 0.0480. The molecule has 28 heavy (non-hydrogen) atoms. The zero-order valence-electron chi connectivity index (χ0n) is 17.0. The number of hydrogen-bond acceptors (Lipinski definition) is 4. The lowest BCUT2D eigenvalue weighted by molar-refractivity contribution is -0.139. The number of carboxylic acids is 1. The molecule has 1 aliphatic heterocycles. The third-order valence-electron chi connectivity index (χ3n) is 6.48. The van der Waals surface area contributed by atoms with Crippen LogP contribution in [-0.4, -0.2) is 66.6 Å². The maximum atomic E-state index is 13.7. The summed E-state index contributed by atoms with van der Waals surface area (Å²) in [5.41, 5.74) is 0.625. The van der Waals surface area contributed by atoms with Crippen molar-refractivity contribution < 1.29 is 19.4 Å². The van der Waals surface area contributed by atoms with Gasteiger partial charge in [0.05, 0.1) is 19.1 Å². The number of carbonyl (C=O) groups is 2. The Hall–Kier alpha value is -2.08. The number of nitrogens with zero attached hydrogens (tertiary/aromatic N) is 2. The van der Waals surface area contributed by atoms with E-state index in [4.69, 9.17) is 9.84 Å². The van der Waals surface area contributed by atoms with Gasteiger partial charge in [-0.05, 0) is 56.8 Å². The van der Waals surface area contributed by atoms with Crippen molar-refractivity contribution in [3.63, 3.8) is 0 Å². The number of aliphatic carboxylic acids is 1. The Kier molecular flexibility index (Phi) is 6.60. The first kappa shape index (κ1) is 20.6. The van der Waals surface area contributed by atoms with E-state index in [1.165, 1.54) is 0 Å². The van der Waals surface area contributed by atoms with Crippen LogP contribution in [0.5, 0.6) is 5.75 Å². The molecule has 1 aromatic rings. The second-order valence-electron chi connectivity index (χ2n) is 8.21. The second-order valence-corrected chi connectivity index (χ2v) is 8.21. The molecule has 1 saturated heterocycles. The van der Waals surface area contributed by atoms with Crippen LogP contribution in [0.1, 0.15) is 50.5 Å². The van der Waals surface area contributed by atoms with Gasteiger partial charge in [-0.2, -0.15) is 0 Å². The van der Waals surface area contributed by atoms with E-state index in [0.717, 1.165) is 62.8 Å². The molecule has 0 spiro atoms. The van der Waals surface area contributed by atoms with E-state index in [1.807, 2.05) is 35.0 Å². The molecule has 1 saturated carbocycles. The monoisotopic (exact) mass is 388 g/mol. The van der Waals surface area contributed by atoms with Crippen LogP contribution in [0.4, 0.5) is 0 Å². The number of likely N-dealkylation sites (tertiary alicyclic amines) is 1. The van der Waals surface area contributed by atoms with E-state index >= 15 is 0 Å². The van der Waals surface area contributed by atoms with Gasteiger partial charge in [0, 0.05) is 19.1 Å². The first-order valence-electron chi connectivity index (χ1n) is 10.3. The molecule has 6 nitrogen and oxygen atoms in total. The highest BCUT2D eigenvalue weighted by Gasteiger charge is 2.45. The number of carboxylic acid groups (broad SMARTS) is 1. The summed E-state index contributed by atoms with van der Waals surface area (Å²) in [6.45, 7) is 1.49. The molecule has 1 atom stereocenters. The molecule has 2 aliphatic rings. The Labute approximate surface area is 167 Å². The van der Waals surface area contributed by atoms with Gasteiger partial charge in [0.25, 0.3) is 0 Å². The maximum Gasteiger partial charge on any atom is 0.317 e. The maximum absolute atomic E-state index is 13.7. The molecule has 0 aromatic heterocycles. The SMILES string of the molecule is COc1cccc(C2(C(=O)N3CCCC(N(C)CC(=O)O)CC3)CCCC2)c1. The number of rotatable bonds is 6. The standard InChI is InChI=1S/C22H32N2O4/c1-23(16-20(25)26)18-8-6-13-24(14-10-18)21(27)22(11-3-4-12-22)17-7-5-9-19(15-17)28-2/h5,7,9,15,18H,3-4,6,8,10-14,16H2,1-2H3,(H,25,26). The van der Waals surface area contributed by atoms with Gasteiger partial charge in [0.1, 0.15) is 5.75 Å². The van der Waals surface area contributed by atoms with E-state index in [0.29, 0.717) is 6.54 Å². The normalized spacial score (nSPS) is 22.1. The predicted octanol–water partition coefficient (Wildman–Crippen LogP) is 2.90. The fourth-order valence-electron chi connectivity index (χ4n) is 4.89. The van der Waals surface area contributed by atoms with Crippen molar-refractivity contribution in [1.29, 1.82) is 0 Å². The topological polar surface area (TPSA) is 70.1 Å². The lowest BCUT2D eigenvalue weighted by atomic mass is 9.77. The number of likely N-dealkylation sites (N-methyl/N-ethyl adjacent to an activating group) is 1. The molecular formula is C22H32N2O4. The third kappa shape index (κ3) is 4.32. The molecule has 1 heterocycles. The Morgan fingerprint density at radius 3 is 2.64 bits per heavy atom. The molecule has 6 heteroatoms. The fourth-order valence-corrected chi connectivity index (χ4v) is 4.89. The van der Waals surface area contributed by atoms with Crippen molar-refractivity contribution in [3.8, 4) is 5.75 Å². The lowest BCUT2D eigenvalue weighted by Crippen LogP contribution is -2.46. The first-order chi connectivity index (χ1) is 13.5. The van der Waals surface area contributed by atoms with E-state index in [-0.39, 0.29) is 18.5 Å². The Morgan fingerprint density at radius 1 is 1.21 bits per heavy atom. The van der Waals surface area contributed by atoms with Crippen molar-refractivity contribution >= 4 is 11.9 Å². The van der Waals surface area contributed by atoms with Crippen LogP contribution in [0.2, 0.25) is 0 Å². The largest absolute Gasteiger partial charge is 0.497 e. The van der Waals surface area contributed by atoms with Crippen molar-refractivity contribution in [2.45, 2.75) is 56.4 Å². The van der Waals surface area contributed by atoms with E-state index in [1.54, 1.807) is 7.11 Å². The van der Waals surface area contributed by atoms with Crippen LogP contribution in [0.15, 0.2) is 24.3 Å². The highest BCUT2D eigenvalue weighted by Crippen LogP contribution is 2.43. The van der Waals surface area contributed by atoms with Gasteiger partial charge in [0.2, 0.25) is 5.91 Å². The highest BCUT2D eigenvalue weighted by molar-refractivity contribution is 5.89. The van der Waals surface area contributed by atoms with E-state index in [9.17, 15) is 9.59 Å². The molecule has 1 amide bonds. The van der Waals surface area contributed by atoms with Gasteiger partial charge < -0.3 is 14.7 Å². The molecule has 1 unspecified atom stereocenters. The Bertz CT molecular complexity index is 700. The highest BCUT2D eigenvalue weighted by atomic mass is 16.5. The minimum atomic E-state index is -0.803. The van der Waals surface area contributed by atoms with E-state index in [2.05, 4.69) is 6.07 Å². The predicted molar refractivity (Wildman–Crippen MR) is 108 cm³/mol. The van der Waals surface area contributed by atoms with Crippen LogP contribution in [0.25, 0.3) is 0 Å². The lowest BCUT2D eigenvalue weighted by Gasteiger charge is -2.35. The zero-order chi connectivity index (χ0) is 20.1. The first-order valence-corrected chi connectivity index (χ1v) is 10.3. The number of carbonyl (C=O) groups excluding carboxylic acids is 1. The number of methoxy groups -OCH3 is 1. The summed E-state index contributed by atoms with van der Waals surface area (Å²) in [6.07, 6.45) is 6.58. The van der Waals surface area contributed by atoms with Crippen molar-refractivity contribution in [2.75, 3.05) is 33.8 Å². The minimum Gasteiger partial charge on any atom is -0.497 e. The molecule has 1 aliphatic carbocycles. The quantitative estimate of drug-likeness (QED) is 0.811. The van der Waals surface area contributed by atoms with Gasteiger partial charge in [-0.1, -0.05) is 25.0 Å². The average molecular weight is 389 g/mol. The summed E-state index contributed by atoms with van der Waals surface area (Å²) in [7, 11) is 3.52. The Balaban J connectivity index is 1.76. The smallest absolute Gasteiger partial charge is 0.317 e. The summed E-state index contributed by atoms with van der Waals surface area (Å²) in [4.78, 5) is 28.7. The van der Waals surface area contributed by atoms with Crippen molar-refractivity contribution in [2.24, 2.45) is 0 Å². The molecule has 0 bridgehead atoms. The van der Waals surface area contributed by atoms with Gasteiger partial charge in [0.15, 0.2) is 0 Å². The molecule has 1 N–H and O–H groups in total. The third-order valence-corrected chi connectivity index (χ3v) is 6.48. The van der Waals surface area contributed by atoms with Crippen molar-refractivity contribution in [3.05, 3.63) is 29.8 Å². The molecule has 3 rings (SSSR count). The number of amides is 1. The second kappa shape index (κ2) is 8.95. The summed E-state index contributed by atoms with van der Waals surface area (Å²) in [5.74, 6) is 0.227. The van der Waals surface area contributed by atoms with Crippen LogP contribution < -0.4 is 4.74 Å². The van der Waals surface area contributed by atoms with Crippen molar-refractivity contribution in [1.82, 2.24) is 9.80 Å². The van der Waals surface area contributed by atoms with Gasteiger partial charge in [-0.3, -0.25) is 14.5 Å². The summed E-state index contributed by atoms with van der Waals surface area (Å²) < 4.78 is 5.40. The Morgan fingerprint density at radius 2 is 1.96 bits per heavy atom. The average Bonchev–Trinajstić information content (AvgIpc) is 3.06. The van der Waals surface area contributed by atoms with Crippen LogP contribution in [0.3, 0.4) is 0 Å². The zero-order valence-corrected chi connectivity index (χ0v) is 17.0. The molecular weight excluding hydrogens is 356 g/mol. The fraction of sp³-hybridized carbons (Fsp3) is 0.636. The van der Waals surface area contributed by atoms with Gasteiger partial charge in [-0.25, -0.2) is 0 Å². The number of ether oxygens (including phenoxy) is 1. The van der Waals surface area contributed by atoms with Crippen LogP contribution >= 0.6 is 0 Å². The van der Waals surface area contributed by atoms with Crippen LogP contribution in [-0.2, 0) is 15.0 Å². The number of benzene rings is 1. The molecule has 2 fully saturated rings. The van der Waals surface area contributed by atoms with Crippen LogP contribution in [0, 0.1) is 0 Å². The van der Waals surface area contributed by atoms with E-state index < -0.39 is 11.4 Å². The van der Waals surface area contributed by atoms with Gasteiger partial charge >= 0.3 is 5.97 Å². The molecule has 0 radical (unpaired) electrons. The summed E-state index contributed by atoms with van der Waals surface area (Å²) >= 11 is 0. The van der Waals surface area contributed by atoms with Gasteiger partial charge in [-0.15, -0.1) is 0 Å². The number of hydrogen-bond donors (Lipinski definition) is 1. The summed E-state index contributed by atoms with van der Waals surface area (Å²) in [5, 5.41) is 9.05.